The molecule has 11 heteroatoms. The monoisotopic (exact) mass is 2010 g/mol. The first-order chi connectivity index (χ1) is 65.9. The first-order valence-corrected chi connectivity index (χ1v) is 62.8. The fourth-order valence-corrected chi connectivity index (χ4v) is 31.0. The summed E-state index contributed by atoms with van der Waals surface area (Å²) in [6.45, 7) is 143. The molecule has 0 spiro atoms. The highest BCUT2D eigenvalue weighted by Gasteiger charge is 2.69. The van der Waals surface area contributed by atoms with Gasteiger partial charge in [-0.15, -0.1) is 0 Å². The summed E-state index contributed by atoms with van der Waals surface area (Å²) >= 11 is 0. The van der Waals surface area contributed by atoms with Gasteiger partial charge in [-0.3, -0.25) is 4.90 Å². The minimum atomic E-state index is 0.465. The van der Waals surface area contributed by atoms with Gasteiger partial charge in [0.15, 0.2) is 0 Å². The van der Waals surface area contributed by atoms with Crippen LogP contribution < -0.4 is 10.6 Å². The molecule has 12 atom stereocenters. The minimum absolute atomic E-state index is 0.465. The standard InChI is InChI=1S/2C13H23N.C12H23N.C12H25N.2C11H21N.2C11H23N.2C10H21N.C10H18.C9H19N/c1-12(2,3)13-6-11(13)8-14(9-13)7-10-4-5-10;1-12(2,3)13-7-10(13)8-14(9-13)11-5-4-6-11;1-9(2)13-7-10-6-12(10,8-13)11(3,4)5;1-6-13-9-7-12(5,8-10-13)11(2,3)4;1-5-12-7-9-6-11(9,8-12)10(2,3)4;1-5-12-6-8-9(7-12)10(8)11(2,3)4;1-10(2,3)11(4)6-8-12(5)9-7-11;1-5-12-8-6-10(7-9-12)11(2,3)4;1-10(2,3)9-5-7-11(4)8-6-9;1-9(2,3)10(4)5-7-11-8-6-10;1-10(2,3)9-7-5-4-6-8(7)9;1-9(2,3)8-4-6-10-7-5-8/h2*10-11H,4-9H2,1-3H3;9-10H,6-8H2,1-5H3;6-10H2,1-5H3;9H,5-8H2,1-4H3;8-10H,5-7H2,1-4H3;6-9H2,1-5H3;10H,5-9H2,1-4H3;9H,5-8H2,1-4H3;11H,5-8H2,1-4H3;7-9H,4-6H2,1-3H3;8,10H,4-7H2,1-3H3. The lowest BCUT2D eigenvalue weighted by Crippen LogP contribution is -2.44. The average Bonchev–Trinajstić information content (AvgIpc) is 1.54. The van der Waals surface area contributed by atoms with Crippen molar-refractivity contribution in [2.45, 2.75) is 478 Å². The number of fused-ring (bicyclic) bond motifs is 6. The number of rotatable bonds is 8. The number of hydrogen-bond acceptors (Lipinski definition) is 11. The first-order valence-electron chi connectivity index (χ1n) is 62.8. The van der Waals surface area contributed by atoms with E-state index in [9.17, 15) is 0 Å². The maximum atomic E-state index is 3.41. The Kier molecular flexibility index (Phi) is 43.2. The van der Waals surface area contributed by atoms with Crippen LogP contribution in [0.2, 0.25) is 0 Å². The maximum absolute atomic E-state index is 3.41. The zero-order valence-corrected chi connectivity index (χ0v) is 107. The summed E-state index contributed by atoms with van der Waals surface area (Å²) < 4.78 is 0. The Labute approximate surface area is 903 Å². The Morgan fingerprint density at radius 1 is 0.278 bits per heavy atom. The Morgan fingerprint density at radius 2 is 0.597 bits per heavy atom. The number of nitrogens with one attached hydrogen (secondary N) is 2. The number of nitrogens with zero attached hydrogens (tertiary/aromatic N) is 9. The van der Waals surface area contributed by atoms with Gasteiger partial charge in [0, 0.05) is 84.1 Å². The van der Waals surface area contributed by atoms with Crippen molar-refractivity contribution in [1.29, 1.82) is 0 Å². The van der Waals surface area contributed by atoms with Gasteiger partial charge in [-0.2, -0.15) is 0 Å². The molecule has 0 radical (unpaired) electrons. The molecule has 144 heavy (non-hydrogen) atoms. The summed E-state index contributed by atoms with van der Waals surface area (Å²) in [5.41, 5.74) is 10.7. The molecule has 9 aliphatic carbocycles. The van der Waals surface area contributed by atoms with Gasteiger partial charge in [0.05, 0.1) is 0 Å². The number of likely N-dealkylation sites (tertiary alicyclic amines) is 9. The van der Waals surface area contributed by atoms with E-state index >= 15 is 0 Å². The van der Waals surface area contributed by atoms with Crippen LogP contribution in [-0.2, 0) is 0 Å². The second-order valence-corrected chi connectivity index (χ2v) is 67.3. The van der Waals surface area contributed by atoms with Gasteiger partial charge < -0.3 is 49.8 Å². The Hall–Kier alpha value is -0.440. The van der Waals surface area contributed by atoms with Gasteiger partial charge in [0.2, 0.25) is 0 Å². The number of piperidine rings is 11. The topological polar surface area (TPSA) is 53.2 Å². The van der Waals surface area contributed by atoms with Gasteiger partial charge in [-0.1, -0.05) is 311 Å². The van der Waals surface area contributed by atoms with E-state index in [0.29, 0.717) is 103 Å². The van der Waals surface area contributed by atoms with Crippen LogP contribution in [0.5, 0.6) is 0 Å². The summed E-state index contributed by atoms with van der Waals surface area (Å²) in [7, 11) is 4.45. The lowest BCUT2D eigenvalue weighted by molar-refractivity contribution is 0.0242. The van der Waals surface area contributed by atoms with Crippen LogP contribution in [0.4, 0.5) is 0 Å². The van der Waals surface area contributed by atoms with Gasteiger partial charge in [-0.25, -0.2) is 0 Å². The van der Waals surface area contributed by atoms with Crippen LogP contribution >= 0.6 is 0 Å². The SMILES string of the molecule is CC(C)(C)C1(C)CCNCC1.CC(C)(C)C12CC1CN(C1CCC1)C2.CC(C)(C)C12CC1CN(CC1CC1)C2.CC(C)(C)C1C2CCCC21.CC(C)(C)C1CCNCC1.CC(C)N1CC2CC2(C(C)(C)C)C1.CCN1CC2C(C1)C2C(C)(C)C.CCN1CC2CC2(C(C)(C)C)C1.CCN1CCC(C(C)(C)C)CC1.CCN1CCC(C)(C(C)(C)C)CC1.CN1CCC(C(C)(C)C)CC1.CN1CCC(C)(C(C)(C)C)CC1. The van der Waals surface area contributed by atoms with Gasteiger partial charge in [0.1, 0.15) is 0 Å². The molecule has 20 rings (SSSR count). The predicted molar refractivity (Wildman–Crippen MR) is 635 cm³/mol. The Balaban J connectivity index is 0.000000175. The van der Waals surface area contributed by atoms with Crippen LogP contribution in [0.15, 0.2) is 0 Å². The van der Waals surface area contributed by atoms with E-state index < -0.39 is 0 Å². The van der Waals surface area contributed by atoms with Crippen molar-refractivity contribution in [1.82, 2.24) is 54.7 Å². The van der Waals surface area contributed by atoms with E-state index in [4.69, 9.17) is 0 Å². The van der Waals surface area contributed by atoms with Crippen LogP contribution in [0.3, 0.4) is 0 Å². The average molecular weight is 2010 g/mol. The van der Waals surface area contributed by atoms with E-state index in [1.165, 1.54) is 331 Å². The molecule has 2 N–H and O–H groups in total. The highest BCUT2D eigenvalue weighted by Crippen LogP contribution is 2.71. The lowest BCUT2D eigenvalue weighted by Gasteiger charge is -2.47. The van der Waals surface area contributed by atoms with Crippen molar-refractivity contribution < 1.29 is 0 Å². The van der Waals surface area contributed by atoms with Gasteiger partial charge >= 0.3 is 0 Å². The second kappa shape index (κ2) is 49.0. The Bertz CT molecular complexity index is 3650. The molecule has 0 aromatic carbocycles. The molecular formula is C133H261N11. The predicted octanol–water partition coefficient (Wildman–Crippen LogP) is 31.6. The molecule has 0 bridgehead atoms. The van der Waals surface area contributed by atoms with Crippen LogP contribution in [0.1, 0.15) is 466 Å². The molecule has 11 aliphatic heterocycles. The highest BCUT2D eigenvalue weighted by atomic mass is 15.2. The van der Waals surface area contributed by atoms with Gasteiger partial charge in [-0.05, 0) is 460 Å². The normalized spacial score (nSPS) is 33.7. The first kappa shape index (κ1) is 127. The van der Waals surface area contributed by atoms with Crippen molar-refractivity contribution in [3.05, 3.63) is 0 Å². The van der Waals surface area contributed by atoms with Crippen molar-refractivity contribution in [2.75, 3.05) is 191 Å². The molecule has 11 heterocycles. The third-order valence-electron chi connectivity index (χ3n) is 46.3. The summed E-state index contributed by atoms with van der Waals surface area (Å²) in [5.74, 6) is 14.5. The van der Waals surface area contributed by atoms with Crippen molar-refractivity contribution in [2.24, 2.45) is 186 Å². The second-order valence-electron chi connectivity index (χ2n) is 67.3. The molecule has 9 saturated carbocycles. The van der Waals surface area contributed by atoms with E-state index in [1.807, 2.05) is 0 Å². The van der Waals surface area contributed by atoms with E-state index in [-0.39, 0.29) is 0 Å². The molecule has 0 amide bonds. The molecule has 20 fully saturated rings. The fraction of sp³-hybridized carbons (Fsp3) is 1.00. The Morgan fingerprint density at radius 3 is 0.903 bits per heavy atom. The summed E-state index contributed by atoms with van der Waals surface area (Å²) in [4.78, 5) is 23.4. The third-order valence-corrected chi connectivity index (χ3v) is 46.3. The van der Waals surface area contributed by atoms with Crippen molar-refractivity contribution in [3.8, 4) is 0 Å². The zero-order chi connectivity index (χ0) is 108. The molecule has 20 aliphatic rings. The fourth-order valence-electron chi connectivity index (χ4n) is 31.0. The van der Waals surface area contributed by atoms with Gasteiger partial charge in [0.25, 0.3) is 0 Å². The quantitative estimate of drug-likeness (QED) is 0.244. The molecule has 0 aromatic heterocycles. The van der Waals surface area contributed by atoms with Crippen LogP contribution in [-0.4, -0.2) is 247 Å². The summed E-state index contributed by atoms with van der Waals surface area (Å²) in [6, 6.07) is 1.72. The van der Waals surface area contributed by atoms with Crippen molar-refractivity contribution >= 4 is 0 Å². The molecular weight excluding hydrogens is 1750 g/mol. The zero-order valence-electron chi connectivity index (χ0n) is 107. The van der Waals surface area contributed by atoms with Crippen LogP contribution in [0, 0.1) is 186 Å². The van der Waals surface area contributed by atoms with E-state index in [1.54, 1.807) is 0 Å². The van der Waals surface area contributed by atoms with E-state index in [2.05, 4.69) is 380 Å². The van der Waals surface area contributed by atoms with Crippen molar-refractivity contribution in [3.63, 3.8) is 0 Å². The maximum Gasteiger partial charge on any atom is 0.00956 e. The molecule has 11 nitrogen and oxygen atoms in total. The largest absolute Gasteiger partial charge is 0.317 e. The van der Waals surface area contributed by atoms with E-state index in [0.717, 1.165) is 94.9 Å². The summed E-state index contributed by atoms with van der Waals surface area (Å²) in [5, 5.41) is 6.80. The third kappa shape index (κ3) is 33.4. The highest BCUT2D eigenvalue weighted by molar-refractivity contribution is 5.20. The lowest BCUT2D eigenvalue weighted by atomic mass is 9.63. The molecule has 11 saturated heterocycles. The smallest absolute Gasteiger partial charge is 0.00956 e. The minimum Gasteiger partial charge on any atom is -0.317 e. The summed E-state index contributed by atoms with van der Waals surface area (Å²) in [6.07, 6.45) is 34.4. The molecule has 848 valence electrons. The molecule has 12 unspecified atom stereocenters. The molecule has 0 aromatic rings. The van der Waals surface area contributed by atoms with Crippen LogP contribution in [0.25, 0.3) is 0 Å². The number of hydrogen-bond donors (Lipinski definition) is 2.